The zero-order valence-corrected chi connectivity index (χ0v) is 14.7. The van der Waals surface area contributed by atoms with Crippen LogP contribution in [0, 0.1) is 15.9 Å². The summed E-state index contributed by atoms with van der Waals surface area (Å²) >= 11 is 17.3. The number of esters is 1. The molecule has 8 nitrogen and oxygen atoms in total. The first kappa shape index (κ1) is 19.8. The fourth-order valence-corrected chi connectivity index (χ4v) is 2.27. The molecule has 0 unspecified atom stereocenters. The summed E-state index contributed by atoms with van der Waals surface area (Å²) in [5.41, 5.74) is -1.21. The normalized spacial score (nSPS) is 10.3. The van der Waals surface area contributed by atoms with Gasteiger partial charge in [-0.2, -0.15) is 4.39 Å². The van der Waals surface area contributed by atoms with Crippen LogP contribution in [-0.2, 0) is 9.53 Å². The topological polar surface area (TPSA) is 111 Å². The molecule has 26 heavy (non-hydrogen) atoms. The van der Waals surface area contributed by atoms with Crippen LogP contribution < -0.4 is 5.32 Å². The van der Waals surface area contributed by atoms with E-state index < -0.39 is 34.9 Å². The Morgan fingerprint density at radius 2 is 1.96 bits per heavy atom. The zero-order chi connectivity index (χ0) is 19.4. The van der Waals surface area contributed by atoms with Crippen molar-refractivity contribution in [1.29, 1.82) is 0 Å². The van der Waals surface area contributed by atoms with Crippen LogP contribution in [0.15, 0.2) is 24.4 Å². The Labute approximate surface area is 160 Å². The van der Waals surface area contributed by atoms with Crippen molar-refractivity contribution < 1.29 is 23.6 Å². The number of rotatable bonds is 5. The molecule has 1 N–H and O–H groups in total. The minimum Gasteiger partial charge on any atom is -0.451 e. The average Bonchev–Trinajstić information content (AvgIpc) is 2.59. The Hall–Kier alpha value is -2.49. The summed E-state index contributed by atoms with van der Waals surface area (Å²) in [7, 11) is 0. The Balaban J connectivity index is 2.01. The number of ether oxygens (including phenoxy) is 1. The number of pyridine rings is 1. The van der Waals surface area contributed by atoms with E-state index in [0.29, 0.717) is 0 Å². The molecule has 0 bridgehead atoms. The van der Waals surface area contributed by atoms with Crippen LogP contribution in [0.1, 0.15) is 10.5 Å². The van der Waals surface area contributed by atoms with E-state index in [4.69, 9.17) is 39.5 Å². The molecule has 0 aliphatic rings. The van der Waals surface area contributed by atoms with Gasteiger partial charge in [0, 0.05) is 18.0 Å². The lowest BCUT2D eigenvalue weighted by molar-refractivity contribution is -0.387. The molecule has 0 saturated heterocycles. The number of carbonyl (C=O) groups is 2. The highest BCUT2D eigenvalue weighted by Gasteiger charge is 2.20. The van der Waals surface area contributed by atoms with Crippen molar-refractivity contribution >= 4 is 58.1 Å². The van der Waals surface area contributed by atoms with Crippen LogP contribution in [0.25, 0.3) is 0 Å². The maximum Gasteiger partial charge on any atom is 0.359 e. The third kappa shape index (κ3) is 4.57. The van der Waals surface area contributed by atoms with E-state index in [1.807, 2.05) is 0 Å². The monoisotopic (exact) mass is 421 g/mol. The largest absolute Gasteiger partial charge is 0.451 e. The highest BCUT2D eigenvalue weighted by atomic mass is 35.5. The minimum atomic E-state index is -1.06. The molecular weight excluding hydrogens is 416 g/mol. The van der Waals surface area contributed by atoms with Crippen molar-refractivity contribution in [2.45, 2.75) is 0 Å². The summed E-state index contributed by atoms with van der Waals surface area (Å²) in [5.74, 6) is -2.91. The van der Waals surface area contributed by atoms with Crippen LogP contribution in [0.4, 0.5) is 15.8 Å². The number of nitrogens with zero attached hydrogens (tertiary/aromatic N) is 2. The number of aromatic nitrogens is 1. The third-order valence-corrected chi connectivity index (χ3v) is 4.11. The van der Waals surface area contributed by atoms with Crippen molar-refractivity contribution in [1.82, 2.24) is 4.98 Å². The zero-order valence-electron chi connectivity index (χ0n) is 12.5. The molecule has 136 valence electrons. The van der Waals surface area contributed by atoms with Crippen LogP contribution in [-0.4, -0.2) is 28.4 Å². The van der Waals surface area contributed by atoms with Gasteiger partial charge in [0.15, 0.2) is 12.3 Å². The van der Waals surface area contributed by atoms with Gasteiger partial charge in [-0.3, -0.25) is 14.9 Å². The van der Waals surface area contributed by atoms with Gasteiger partial charge in [0.25, 0.3) is 5.91 Å². The van der Waals surface area contributed by atoms with Crippen molar-refractivity contribution in [3.8, 4) is 0 Å². The van der Waals surface area contributed by atoms with E-state index in [1.54, 1.807) is 0 Å². The number of nitro groups is 1. The number of halogens is 4. The molecule has 0 aliphatic carbocycles. The molecule has 0 aliphatic heterocycles. The lowest BCUT2D eigenvalue weighted by Gasteiger charge is -2.08. The second-order valence-corrected chi connectivity index (χ2v) is 5.79. The molecule has 1 aromatic heterocycles. The number of hydrogen-bond acceptors (Lipinski definition) is 6. The Kier molecular flexibility index (Phi) is 6.30. The van der Waals surface area contributed by atoms with Crippen molar-refractivity contribution in [2.24, 2.45) is 0 Å². The molecule has 1 aromatic carbocycles. The van der Waals surface area contributed by atoms with Crippen LogP contribution in [0.2, 0.25) is 15.1 Å². The minimum absolute atomic E-state index is 0.0314. The number of nitrogens with one attached hydrogen (secondary N) is 1. The second kappa shape index (κ2) is 8.26. The SMILES string of the molecule is O=C(COC(=O)c1ncc(Cl)c(Cl)c1Cl)Nc1ccc(F)c([N+](=O)[O-])c1. The maximum atomic E-state index is 13.2. The number of nitro benzene ring substituents is 1. The van der Waals surface area contributed by atoms with Gasteiger partial charge in [-0.05, 0) is 12.1 Å². The summed E-state index contributed by atoms with van der Waals surface area (Å²) in [5, 5.41) is 12.6. The number of hydrogen-bond donors (Lipinski definition) is 1. The van der Waals surface area contributed by atoms with Crippen LogP contribution >= 0.6 is 34.8 Å². The molecule has 2 rings (SSSR count). The average molecular weight is 423 g/mol. The van der Waals surface area contributed by atoms with E-state index >= 15 is 0 Å². The predicted octanol–water partition coefficient (Wildman–Crippen LogP) is 3.88. The molecule has 0 saturated carbocycles. The van der Waals surface area contributed by atoms with Gasteiger partial charge < -0.3 is 10.1 Å². The molecule has 0 fully saturated rings. The van der Waals surface area contributed by atoms with E-state index in [2.05, 4.69) is 10.3 Å². The maximum absolute atomic E-state index is 13.2. The lowest BCUT2D eigenvalue weighted by Crippen LogP contribution is -2.21. The summed E-state index contributed by atoms with van der Waals surface area (Å²) in [6.45, 7) is -0.748. The van der Waals surface area contributed by atoms with E-state index in [9.17, 15) is 24.1 Å². The molecule has 2 aromatic rings. The molecule has 0 spiro atoms. The first-order valence-corrected chi connectivity index (χ1v) is 7.74. The standard InChI is InChI=1S/C14H7Cl3FN3O5/c15-7-4-19-13(12(17)11(7)16)14(23)26-5-10(22)20-6-1-2-8(18)9(3-6)21(24)25/h1-4H,5H2,(H,20,22). The van der Waals surface area contributed by atoms with Crippen LogP contribution in [0.3, 0.4) is 0 Å². The summed E-state index contributed by atoms with van der Waals surface area (Å²) in [4.78, 5) is 37.0. The fraction of sp³-hybridized carbons (Fsp3) is 0.0714. The van der Waals surface area contributed by atoms with Gasteiger partial charge in [-0.25, -0.2) is 9.78 Å². The van der Waals surface area contributed by atoms with Gasteiger partial charge >= 0.3 is 11.7 Å². The molecule has 0 atom stereocenters. The lowest BCUT2D eigenvalue weighted by atomic mass is 10.2. The number of anilines is 1. The predicted molar refractivity (Wildman–Crippen MR) is 91.2 cm³/mol. The van der Waals surface area contributed by atoms with Gasteiger partial charge in [0.05, 0.1) is 20.0 Å². The summed E-state index contributed by atoms with van der Waals surface area (Å²) in [6, 6.07) is 2.76. The quantitative estimate of drug-likeness (QED) is 0.444. The Morgan fingerprint density at radius 1 is 1.27 bits per heavy atom. The highest BCUT2D eigenvalue weighted by Crippen LogP contribution is 2.31. The van der Waals surface area contributed by atoms with Crippen molar-refractivity contribution in [3.63, 3.8) is 0 Å². The fourth-order valence-electron chi connectivity index (χ4n) is 1.71. The number of benzene rings is 1. The first-order valence-electron chi connectivity index (χ1n) is 6.61. The smallest absolute Gasteiger partial charge is 0.359 e. The van der Waals surface area contributed by atoms with Crippen molar-refractivity contribution in [2.75, 3.05) is 11.9 Å². The highest BCUT2D eigenvalue weighted by molar-refractivity contribution is 6.48. The molecular formula is C14H7Cl3FN3O5. The Bertz CT molecular complexity index is 910. The second-order valence-electron chi connectivity index (χ2n) is 4.63. The third-order valence-electron chi connectivity index (χ3n) is 2.87. The number of carbonyl (C=O) groups excluding carboxylic acids is 2. The molecule has 12 heteroatoms. The molecule has 1 heterocycles. The van der Waals surface area contributed by atoms with Gasteiger partial charge in [0.1, 0.15) is 0 Å². The van der Waals surface area contributed by atoms with Gasteiger partial charge in [-0.1, -0.05) is 34.8 Å². The van der Waals surface area contributed by atoms with E-state index in [-0.39, 0.29) is 26.4 Å². The number of amides is 1. The van der Waals surface area contributed by atoms with Crippen molar-refractivity contribution in [3.05, 3.63) is 61.1 Å². The first-order chi connectivity index (χ1) is 12.2. The Morgan fingerprint density at radius 3 is 2.62 bits per heavy atom. The summed E-state index contributed by atoms with van der Waals surface area (Å²) < 4.78 is 18.0. The summed E-state index contributed by atoms with van der Waals surface area (Å²) in [6.07, 6.45) is 1.09. The van der Waals surface area contributed by atoms with Gasteiger partial charge in [-0.15, -0.1) is 0 Å². The van der Waals surface area contributed by atoms with Gasteiger partial charge in [0.2, 0.25) is 5.82 Å². The van der Waals surface area contributed by atoms with E-state index in [0.717, 1.165) is 24.4 Å². The molecule has 0 radical (unpaired) electrons. The van der Waals surface area contributed by atoms with E-state index in [1.165, 1.54) is 0 Å². The molecule has 1 amide bonds. The van der Waals surface area contributed by atoms with Crippen LogP contribution in [0.5, 0.6) is 0 Å².